The van der Waals surface area contributed by atoms with Crippen LogP contribution in [0, 0.1) is 0 Å². The molecule has 0 radical (unpaired) electrons. The molecule has 2 aromatic rings. The molecule has 0 fully saturated rings. The zero-order valence-electron chi connectivity index (χ0n) is 15.0. The molecule has 0 aliphatic heterocycles. The first kappa shape index (κ1) is 22.5. The molecule has 26 heavy (non-hydrogen) atoms. The fraction of sp³-hybridized carbons (Fsp3) is 0.316. The van der Waals surface area contributed by atoms with E-state index >= 15 is 0 Å². The fourth-order valence-corrected chi connectivity index (χ4v) is 2.40. The van der Waals surface area contributed by atoms with Crippen LogP contribution in [-0.4, -0.2) is 33.3 Å². The van der Waals surface area contributed by atoms with E-state index in [0.717, 1.165) is 28.4 Å². The summed E-state index contributed by atoms with van der Waals surface area (Å²) < 4.78 is 10.7. The number of aliphatic imine (C=N–C) groups is 1. The molecular formula is C19H25ClIN3O2. The molecule has 0 saturated carbocycles. The molecule has 2 rings (SSSR count). The maximum atomic E-state index is 6.18. The van der Waals surface area contributed by atoms with Gasteiger partial charge in [-0.25, -0.2) is 0 Å². The molecule has 0 amide bonds. The zero-order valence-corrected chi connectivity index (χ0v) is 18.1. The van der Waals surface area contributed by atoms with Crippen molar-refractivity contribution in [2.45, 2.75) is 13.0 Å². The molecule has 0 unspecified atom stereocenters. The molecule has 0 saturated heterocycles. The van der Waals surface area contributed by atoms with Gasteiger partial charge in [0.1, 0.15) is 5.75 Å². The molecule has 0 aliphatic rings. The van der Waals surface area contributed by atoms with Gasteiger partial charge in [-0.05, 0) is 23.8 Å². The van der Waals surface area contributed by atoms with E-state index in [1.807, 2.05) is 48.5 Å². The Hall–Kier alpha value is -1.51. The minimum atomic E-state index is 0. The van der Waals surface area contributed by atoms with Gasteiger partial charge >= 0.3 is 0 Å². The second-order valence-corrected chi connectivity index (χ2v) is 5.77. The normalized spacial score (nSPS) is 10.8. The van der Waals surface area contributed by atoms with Crippen LogP contribution in [0.15, 0.2) is 53.5 Å². The predicted octanol–water partition coefficient (Wildman–Crippen LogP) is 4.56. The molecular weight excluding hydrogens is 465 g/mol. The smallest absolute Gasteiger partial charge is 0.195 e. The summed E-state index contributed by atoms with van der Waals surface area (Å²) in [7, 11) is 3.42. The van der Waals surface area contributed by atoms with E-state index in [1.54, 1.807) is 14.2 Å². The van der Waals surface area contributed by atoms with Crippen molar-refractivity contribution in [1.82, 2.24) is 5.32 Å². The summed E-state index contributed by atoms with van der Waals surface area (Å²) >= 11 is 6.18. The van der Waals surface area contributed by atoms with Gasteiger partial charge in [-0.15, -0.1) is 24.0 Å². The Balaban J connectivity index is 0.00000338. The molecule has 2 N–H and O–H groups in total. The number of rotatable bonds is 8. The first-order valence-electron chi connectivity index (χ1n) is 8.16. The Morgan fingerprint density at radius 1 is 1.12 bits per heavy atom. The molecule has 2 aromatic carbocycles. The number of halogens is 2. The van der Waals surface area contributed by atoms with Gasteiger partial charge in [-0.2, -0.15) is 0 Å². The quantitative estimate of drug-likeness (QED) is 0.247. The summed E-state index contributed by atoms with van der Waals surface area (Å²) in [6.45, 7) is 1.90. The number of guanidine groups is 1. The van der Waals surface area contributed by atoms with Crippen LogP contribution in [0.2, 0.25) is 5.02 Å². The predicted molar refractivity (Wildman–Crippen MR) is 119 cm³/mol. The van der Waals surface area contributed by atoms with Crippen LogP contribution in [0.5, 0.6) is 5.75 Å². The monoisotopic (exact) mass is 489 g/mol. The second-order valence-electron chi connectivity index (χ2n) is 5.36. The molecule has 5 nitrogen and oxygen atoms in total. The van der Waals surface area contributed by atoms with Gasteiger partial charge in [0, 0.05) is 50.5 Å². The van der Waals surface area contributed by atoms with Crippen LogP contribution in [0.3, 0.4) is 0 Å². The lowest BCUT2D eigenvalue weighted by atomic mass is 10.2. The molecule has 0 heterocycles. The summed E-state index contributed by atoms with van der Waals surface area (Å²) in [4.78, 5) is 4.24. The SMILES string of the molecule is CN=C(NCc1ccccc1Cl)Nc1cccc(OCCCOC)c1.I. The second kappa shape index (κ2) is 12.8. The highest BCUT2D eigenvalue weighted by Gasteiger charge is 2.03. The number of nitrogens with zero attached hydrogens (tertiary/aromatic N) is 1. The van der Waals surface area contributed by atoms with Crippen LogP contribution in [0.25, 0.3) is 0 Å². The first-order chi connectivity index (χ1) is 12.2. The lowest BCUT2D eigenvalue weighted by Gasteiger charge is -2.14. The number of ether oxygens (including phenoxy) is 2. The fourth-order valence-electron chi connectivity index (χ4n) is 2.19. The van der Waals surface area contributed by atoms with Gasteiger partial charge in [0.2, 0.25) is 0 Å². The Kier molecular flexibility index (Phi) is 11.1. The van der Waals surface area contributed by atoms with E-state index in [4.69, 9.17) is 21.1 Å². The van der Waals surface area contributed by atoms with E-state index in [0.29, 0.717) is 25.7 Å². The Labute approximate surface area is 177 Å². The highest BCUT2D eigenvalue weighted by molar-refractivity contribution is 14.0. The summed E-state index contributed by atoms with van der Waals surface area (Å²) in [6, 6.07) is 15.5. The summed E-state index contributed by atoms with van der Waals surface area (Å²) in [5, 5.41) is 7.24. The van der Waals surface area contributed by atoms with Crippen molar-refractivity contribution < 1.29 is 9.47 Å². The van der Waals surface area contributed by atoms with Crippen molar-refractivity contribution in [3.8, 4) is 5.75 Å². The maximum absolute atomic E-state index is 6.18. The third-order valence-electron chi connectivity index (χ3n) is 3.49. The van der Waals surface area contributed by atoms with Crippen molar-refractivity contribution in [1.29, 1.82) is 0 Å². The topological polar surface area (TPSA) is 54.9 Å². The highest BCUT2D eigenvalue weighted by Crippen LogP contribution is 2.18. The Morgan fingerprint density at radius 2 is 1.92 bits per heavy atom. The van der Waals surface area contributed by atoms with E-state index in [9.17, 15) is 0 Å². The zero-order chi connectivity index (χ0) is 17.9. The molecule has 0 bridgehead atoms. The number of hydrogen-bond donors (Lipinski definition) is 2. The summed E-state index contributed by atoms with van der Waals surface area (Å²) in [6.07, 6.45) is 0.856. The average molecular weight is 490 g/mol. The number of nitrogens with one attached hydrogen (secondary N) is 2. The Bertz CT molecular complexity index is 698. The van der Waals surface area contributed by atoms with Crippen LogP contribution in [-0.2, 0) is 11.3 Å². The van der Waals surface area contributed by atoms with Crippen molar-refractivity contribution in [2.75, 3.05) is 32.7 Å². The summed E-state index contributed by atoms with van der Waals surface area (Å²) in [5.74, 6) is 1.47. The third-order valence-corrected chi connectivity index (χ3v) is 3.85. The van der Waals surface area contributed by atoms with Crippen LogP contribution >= 0.6 is 35.6 Å². The van der Waals surface area contributed by atoms with E-state index in [2.05, 4.69) is 15.6 Å². The van der Waals surface area contributed by atoms with Crippen molar-refractivity contribution in [2.24, 2.45) is 4.99 Å². The molecule has 142 valence electrons. The lowest BCUT2D eigenvalue weighted by molar-refractivity contribution is 0.172. The highest BCUT2D eigenvalue weighted by atomic mass is 127. The minimum absolute atomic E-state index is 0. The van der Waals surface area contributed by atoms with Crippen LogP contribution < -0.4 is 15.4 Å². The lowest BCUT2D eigenvalue weighted by Crippen LogP contribution is -2.30. The van der Waals surface area contributed by atoms with Gasteiger partial charge < -0.3 is 20.1 Å². The minimum Gasteiger partial charge on any atom is -0.493 e. The number of benzene rings is 2. The molecule has 7 heteroatoms. The van der Waals surface area contributed by atoms with E-state index in [-0.39, 0.29) is 24.0 Å². The van der Waals surface area contributed by atoms with Crippen molar-refractivity contribution in [3.63, 3.8) is 0 Å². The molecule has 0 spiro atoms. The molecule has 0 aliphatic carbocycles. The molecule has 0 aromatic heterocycles. The Morgan fingerprint density at radius 3 is 2.65 bits per heavy atom. The summed E-state index contributed by atoms with van der Waals surface area (Å²) in [5.41, 5.74) is 1.92. The standard InChI is InChI=1S/C19H24ClN3O2.HI/c1-21-19(22-14-15-7-3-4-10-18(15)20)23-16-8-5-9-17(13-16)25-12-6-11-24-2;/h3-5,7-10,13H,6,11-12,14H2,1-2H3,(H2,21,22,23);1H. The number of methoxy groups -OCH3 is 1. The van der Waals surface area contributed by atoms with Crippen molar-refractivity contribution in [3.05, 3.63) is 59.1 Å². The van der Waals surface area contributed by atoms with Gasteiger partial charge in [0.05, 0.1) is 6.61 Å². The third kappa shape index (κ3) is 7.80. The van der Waals surface area contributed by atoms with Gasteiger partial charge in [-0.3, -0.25) is 4.99 Å². The van der Waals surface area contributed by atoms with Crippen LogP contribution in [0.4, 0.5) is 5.69 Å². The maximum Gasteiger partial charge on any atom is 0.195 e. The van der Waals surface area contributed by atoms with Gasteiger partial charge in [-0.1, -0.05) is 35.9 Å². The van der Waals surface area contributed by atoms with E-state index < -0.39 is 0 Å². The first-order valence-corrected chi connectivity index (χ1v) is 8.53. The number of hydrogen-bond acceptors (Lipinski definition) is 3. The van der Waals surface area contributed by atoms with Crippen LogP contribution in [0.1, 0.15) is 12.0 Å². The van der Waals surface area contributed by atoms with Gasteiger partial charge in [0.25, 0.3) is 0 Å². The average Bonchev–Trinajstić information content (AvgIpc) is 2.64. The molecule has 0 atom stereocenters. The van der Waals surface area contributed by atoms with E-state index in [1.165, 1.54) is 0 Å². The van der Waals surface area contributed by atoms with Crippen molar-refractivity contribution >= 4 is 47.2 Å². The van der Waals surface area contributed by atoms with Gasteiger partial charge in [0.15, 0.2) is 5.96 Å². The number of anilines is 1. The largest absolute Gasteiger partial charge is 0.493 e.